The zero-order chi connectivity index (χ0) is 30.2. The fourth-order valence-electron chi connectivity index (χ4n) is 7.41. The SMILES string of the molecule is c1ccc(-c2c3ccccc3c(-c3ccc(-c4ccc5c(c4)oc4ccc6c7ccccc7oc6c45)cc3)c3ccccc23)cc1. The van der Waals surface area contributed by atoms with Gasteiger partial charge in [0.1, 0.15) is 22.3 Å². The van der Waals surface area contributed by atoms with Gasteiger partial charge in [0.25, 0.3) is 0 Å². The summed E-state index contributed by atoms with van der Waals surface area (Å²) in [6.45, 7) is 0. The molecule has 0 amide bonds. The van der Waals surface area contributed by atoms with Crippen LogP contribution < -0.4 is 0 Å². The molecule has 0 saturated carbocycles. The second-order valence-electron chi connectivity index (χ2n) is 12.0. The molecule has 0 aliphatic heterocycles. The van der Waals surface area contributed by atoms with Crippen molar-refractivity contribution in [2.75, 3.05) is 0 Å². The number of para-hydroxylation sites is 1. The van der Waals surface area contributed by atoms with E-state index in [9.17, 15) is 0 Å². The first-order chi connectivity index (χ1) is 22.8. The van der Waals surface area contributed by atoms with E-state index in [-0.39, 0.29) is 0 Å². The summed E-state index contributed by atoms with van der Waals surface area (Å²) >= 11 is 0. The van der Waals surface area contributed by atoms with Gasteiger partial charge in [0.15, 0.2) is 0 Å². The molecule has 0 aliphatic rings. The van der Waals surface area contributed by atoms with E-state index in [1.807, 2.05) is 12.1 Å². The third-order valence-corrected chi connectivity index (χ3v) is 9.48. The van der Waals surface area contributed by atoms with Gasteiger partial charge in [0.05, 0.1) is 5.39 Å². The second kappa shape index (κ2) is 9.69. The lowest BCUT2D eigenvalue weighted by Crippen LogP contribution is -1.90. The predicted molar refractivity (Wildman–Crippen MR) is 192 cm³/mol. The van der Waals surface area contributed by atoms with Crippen molar-refractivity contribution in [3.63, 3.8) is 0 Å². The molecule has 0 radical (unpaired) electrons. The highest BCUT2D eigenvalue weighted by molar-refractivity contribution is 6.23. The van der Waals surface area contributed by atoms with Crippen LogP contribution in [-0.2, 0) is 0 Å². The maximum absolute atomic E-state index is 6.40. The maximum Gasteiger partial charge on any atom is 0.147 e. The van der Waals surface area contributed by atoms with Crippen molar-refractivity contribution in [2.45, 2.75) is 0 Å². The first kappa shape index (κ1) is 25.2. The molecule has 0 aliphatic carbocycles. The van der Waals surface area contributed by atoms with E-state index in [0.717, 1.165) is 55.0 Å². The average molecular weight is 587 g/mol. The third kappa shape index (κ3) is 3.65. The molecular formula is C44H26O2. The fourth-order valence-corrected chi connectivity index (χ4v) is 7.41. The molecule has 10 aromatic rings. The molecule has 2 heteroatoms. The summed E-state index contributed by atoms with van der Waals surface area (Å²) in [6.07, 6.45) is 0. The van der Waals surface area contributed by atoms with Gasteiger partial charge < -0.3 is 8.83 Å². The number of benzene rings is 8. The quantitative estimate of drug-likeness (QED) is 0.193. The van der Waals surface area contributed by atoms with E-state index in [1.54, 1.807) is 0 Å². The summed E-state index contributed by atoms with van der Waals surface area (Å²) in [5.74, 6) is 0. The monoisotopic (exact) mass is 586 g/mol. The Balaban J connectivity index is 1.11. The Morgan fingerprint density at radius 1 is 0.283 bits per heavy atom. The van der Waals surface area contributed by atoms with Crippen LogP contribution in [0.2, 0.25) is 0 Å². The summed E-state index contributed by atoms with van der Waals surface area (Å²) in [5.41, 5.74) is 10.7. The molecule has 2 heterocycles. The molecule has 0 atom stereocenters. The van der Waals surface area contributed by atoms with E-state index in [0.29, 0.717) is 0 Å². The topological polar surface area (TPSA) is 26.3 Å². The normalized spacial score (nSPS) is 11.9. The molecule has 214 valence electrons. The fraction of sp³-hybridized carbons (Fsp3) is 0. The number of rotatable bonds is 3. The first-order valence-corrected chi connectivity index (χ1v) is 15.7. The highest BCUT2D eigenvalue weighted by Crippen LogP contribution is 2.44. The average Bonchev–Trinajstić information content (AvgIpc) is 3.69. The largest absolute Gasteiger partial charge is 0.456 e. The van der Waals surface area contributed by atoms with E-state index in [1.165, 1.54) is 43.8 Å². The van der Waals surface area contributed by atoms with Crippen molar-refractivity contribution in [3.8, 4) is 33.4 Å². The van der Waals surface area contributed by atoms with Crippen LogP contribution in [0.15, 0.2) is 167 Å². The van der Waals surface area contributed by atoms with Gasteiger partial charge in [0.2, 0.25) is 0 Å². The number of furan rings is 2. The molecule has 46 heavy (non-hydrogen) atoms. The Morgan fingerprint density at radius 2 is 0.804 bits per heavy atom. The Morgan fingerprint density at radius 3 is 1.48 bits per heavy atom. The van der Waals surface area contributed by atoms with Gasteiger partial charge in [-0.25, -0.2) is 0 Å². The molecule has 0 saturated heterocycles. The lowest BCUT2D eigenvalue weighted by Gasteiger charge is -2.18. The summed E-state index contributed by atoms with van der Waals surface area (Å²) in [6, 6.07) is 56.2. The summed E-state index contributed by atoms with van der Waals surface area (Å²) in [5, 5.41) is 9.38. The molecule has 10 rings (SSSR count). The predicted octanol–water partition coefficient (Wildman–Crippen LogP) is 12.8. The molecule has 2 aromatic heterocycles. The molecule has 0 spiro atoms. The van der Waals surface area contributed by atoms with Crippen molar-refractivity contribution in [1.29, 1.82) is 0 Å². The molecule has 0 N–H and O–H groups in total. The van der Waals surface area contributed by atoms with Crippen molar-refractivity contribution < 1.29 is 8.83 Å². The van der Waals surface area contributed by atoms with Crippen LogP contribution in [0, 0.1) is 0 Å². The van der Waals surface area contributed by atoms with Crippen molar-refractivity contribution in [2.24, 2.45) is 0 Å². The minimum atomic E-state index is 0.840. The van der Waals surface area contributed by atoms with E-state index in [2.05, 4.69) is 146 Å². The molecular weight excluding hydrogens is 560 g/mol. The van der Waals surface area contributed by atoms with Crippen molar-refractivity contribution >= 4 is 65.4 Å². The van der Waals surface area contributed by atoms with Crippen LogP contribution in [-0.4, -0.2) is 0 Å². The van der Waals surface area contributed by atoms with E-state index < -0.39 is 0 Å². The summed E-state index contributed by atoms with van der Waals surface area (Å²) in [7, 11) is 0. The Labute approximate surface area is 264 Å². The van der Waals surface area contributed by atoms with Gasteiger partial charge in [-0.2, -0.15) is 0 Å². The summed E-state index contributed by atoms with van der Waals surface area (Å²) < 4.78 is 12.7. The maximum atomic E-state index is 6.40. The van der Waals surface area contributed by atoms with E-state index in [4.69, 9.17) is 8.83 Å². The third-order valence-electron chi connectivity index (χ3n) is 9.48. The second-order valence-corrected chi connectivity index (χ2v) is 12.0. The Kier molecular flexibility index (Phi) is 5.31. The molecule has 0 fully saturated rings. The Hall–Kier alpha value is -6.12. The van der Waals surface area contributed by atoms with E-state index >= 15 is 0 Å². The molecule has 0 bridgehead atoms. The van der Waals surface area contributed by atoms with Crippen LogP contribution in [0.4, 0.5) is 0 Å². The zero-order valence-electron chi connectivity index (χ0n) is 24.8. The van der Waals surface area contributed by atoms with Crippen LogP contribution in [0.3, 0.4) is 0 Å². The molecule has 2 nitrogen and oxygen atoms in total. The van der Waals surface area contributed by atoms with Gasteiger partial charge in [0, 0.05) is 16.2 Å². The smallest absolute Gasteiger partial charge is 0.147 e. The van der Waals surface area contributed by atoms with Crippen LogP contribution in [0.25, 0.3) is 98.8 Å². The van der Waals surface area contributed by atoms with Crippen molar-refractivity contribution in [3.05, 3.63) is 158 Å². The van der Waals surface area contributed by atoms with Gasteiger partial charge in [-0.05, 0) is 85.3 Å². The minimum absolute atomic E-state index is 0.840. The summed E-state index contributed by atoms with van der Waals surface area (Å²) in [4.78, 5) is 0. The lowest BCUT2D eigenvalue weighted by molar-refractivity contribution is 0.663. The highest BCUT2D eigenvalue weighted by Gasteiger charge is 2.18. The van der Waals surface area contributed by atoms with Gasteiger partial charge in [-0.3, -0.25) is 0 Å². The van der Waals surface area contributed by atoms with Crippen LogP contribution in [0.1, 0.15) is 0 Å². The van der Waals surface area contributed by atoms with Crippen molar-refractivity contribution in [1.82, 2.24) is 0 Å². The highest BCUT2D eigenvalue weighted by atomic mass is 16.3. The Bertz CT molecular complexity index is 2720. The number of hydrogen-bond donors (Lipinski definition) is 0. The standard InChI is InChI=1S/C44H26O2/c1-2-10-28(11-3-1)41-32-13-4-6-15-34(32)42(35-16-7-5-14-33(35)41)29-20-18-27(19-21-29)30-22-23-37-40(26-30)45-39-25-24-36-31-12-8-9-17-38(31)46-44(36)43(37)39/h1-26H. The zero-order valence-corrected chi connectivity index (χ0v) is 24.8. The number of hydrogen-bond acceptors (Lipinski definition) is 2. The van der Waals surface area contributed by atoms with Gasteiger partial charge in [-0.1, -0.05) is 127 Å². The number of fused-ring (bicyclic) bond motifs is 9. The van der Waals surface area contributed by atoms with Crippen LogP contribution in [0.5, 0.6) is 0 Å². The molecule has 0 unspecified atom stereocenters. The first-order valence-electron chi connectivity index (χ1n) is 15.7. The lowest BCUT2D eigenvalue weighted by atomic mass is 9.86. The van der Waals surface area contributed by atoms with Gasteiger partial charge >= 0.3 is 0 Å². The minimum Gasteiger partial charge on any atom is -0.456 e. The van der Waals surface area contributed by atoms with Crippen LogP contribution >= 0.6 is 0 Å². The van der Waals surface area contributed by atoms with Gasteiger partial charge in [-0.15, -0.1) is 0 Å². The molecule has 8 aromatic carbocycles.